The Morgan fingerprint density at radius 2 is 2.21 bits per heavy atom. The summed E-state index contributed by atoms with van der Waals surface area (Å²) in [5.41, 5.74) is 7.98. The maximum absolute atomic E-state index is 12.9. The van der Waals surface area contributed by atoms with Gasteiger partial charge in [0.05, 0.1) is 4.88 Å². The summed E-state index contributed by atoms with van der Waals surface area (Å²) >= 11 is 1.58. The number of thiophene rings is 1. The molecule has 0 bridgehead atoms. The summed E-state index contributed by atoms with van der Waals surface area (Å²) in [5.74, 6) is 1.46. The van der Waals surface area contributed by atoms with Crippen molar-refractivity contribution in [2.75, 3.05) is 13.1 Å². The van der Waals surface area contributed by atoms with E-state index in [4.69, 9.17) is 10.5 Å². The lowest BCUT2D eigenvalue weighted by Gasteiger charge is -2.20. The molecule has 128 valence electrons. The van der Waals surface area contributed by atoms with E-state index in [1.165, 1.54) is 0 Å². The minimum absolute atomic E-state index is 0. The van der Waals surface area contributed by atoms with Crippen LogP contribution in [0.5, 0.6) is 5.75 Å². The van der Waals surface area contributed by atoms with Crippen LogP contribution in [0.2, 0.25) is 0 Å². The van der Waals surface area contributed by atoms with E-state index < -0.39 is 0 Å². The second kappa shape index (κ2) is 6.75. The van der Waals surface area contributed by atoms with Crippen LogP contribution in [0, 0.1) is 5.92 Å². The zero-order valence-electron chi connectivity index (χ0n) is 13.5. The highest BCUT2D eigenvalue weighted by Gasteiger charge is 2.33. The number of para-hydroxylation sites is 1. The second-order valence-corrected chi connectivity index (χ2v) is 7.45. The Bertz CT molecular complexity index is 761. The predicted octanol–water partition coefficient (Wildman–Crippen LogP) is 3.54. The van der Waals surface area contributed by atoms with Gasteiger partial charge in [0.1, 0.15) is 12.4 Å². The second-order valence-electron chi connectivity index (χ2n) is 6.39. The molecule has 0 spiro atoms. The molecule has 6 heteroatoms. The fraction of sp³-hybridized carbons (Fsp3) is 0.389. The highest BCUT2D eigenvalue weighted by Crippen LogP contribution is 2.42. The quantitative estimate of drug-likeness (QED) is 0.886. The van der Waals surface area contributed by atoms with E-state index in [9.17, 15) is 4.79 Å². The first kappa shape index (κ1) is 17.3. The van der Waals surface area contributed by atoms with Crippen LogP contribution in [-0.4, -0.2) is 29.9 Å². The summed E-state index contributed by atoms with van der Waals surface area (Å²) in [6.45, 7) is 4.07. The maximum atomic E-state index is 12.9. The minimum atomic E-state index is 0. The number of ether oxygens (including phenoxy) is 1. The molecule has 1 amide bonds. The first-order valence-electron chi connectivity index (χ1n) is 8.03. The van der Waals surface area contributed by atoms with Gasteiger partial charge in [-0.2, -0.15) is 0 Å². The van der Waals surface area contributed by atoms with E-state index in [2.05, 4.69) is 13.0 Å². The molecule has 0 saturated carbocycles. The third-order valence-corrected chi connectivity index (χ3v) is 5.99. The smallest absolute Gasteiger partial charge is 0.264 e. The number of nitrogens with zero attached hydrogens (tertiary/aromatic N) is 1. The van der Waals surface area contributed by atoms with Gasteiger partial charge in [-0.1, -0.05) is 12.1 Å². The predicted molar refractivity (Wildman–Crippen MR) is 99.0 cm³/mol. The summed E-state index contributed by atoms with van der Waals surface area (Å²) in [6.07, 6.45) is 0.999. The van der Waals surface area contributed by atoms with Gasteiger partial charge < -0.3 is 15.4 Å². The molecule has 1 aromatic heterocycles. The fourth-order valence-corrected chi connectivity index (χ4v) is 4.70. The van der Waals surface area contributed by atoms with Gasteiger partial charge in [0.15, 0.2) is 0 Å². The number of rotatable bonds is 2. The third-order valence-electron chi connectivity index (χ3n) is 4.79. The molecule has 24 heavy (non-hydrogen) atoms. The van der Waals surface area contributed by atoms with Crippen molar-refractivity contribution in [1.29, 1.82) is 0 Å². The highest BCUT2D eigenvalue weighted by molar-refractivity contribution is 7.17. The van der Waals surface area contributed by atoms with Crippen molar-refractivity contribution < 1.29 is 9.53 Å². The van der Waals surface area contributed by atoms with Crippen LogP contribution in [0.4, 0.5) is 0 Å². The first-order valence-corrected chi connectivity index (χ1v) is 8.85. The number of hydrogen-bond acceptors (Lipinski definition) is 4. The van der Waals surface area contributed by atoms with Gasteiger partial charge in [-0.25, -0.2) is 0 Å². The average Bonchev–Trinajstić information content (AvgIpc) is 3.17. The largest absolute Gasteiger partial charge is 0.488 e. The maximum Gasteiger partial charge on any atom is 0.264 e. The molecule has 2 N–H and O–H groups in total. The van der Waals surface area contributed by atoms with Crippen LogP contribution >= 0.6 is 23.7 Å². The van der Waals surface area contributed by atoms with E-state index >= 15 is 0 Å². The topological polar surface area (TPSA) is 55.6 Å². The van der Waals surface area contributed by atoms with Crippen molar-refractivity contribution in [3.8, 4) is 16.2 Å². The van der Waals surface area contributed by atoms with Crippen LogP contribution in [0.1, 0.15) is 28.6 Å². The van der Waals surface area contributed by atoms with Crippen LogP contribution < -0.4 is 10.5 Å². The number of likely N-dealkylation sites (tertiary alicyclic amines) is 1. The number of amides is 1. The molecular weight excluding hydrogens is 344 g/mol. The standard InChI is InChI=1S/C18H20N2O2S.ClH/c1-11-6-12(8-19)9-20(11)18(21)16-7-13-10-22-15-5-3-2-4-14(15)17(13)23-16;/h2-5,7,11-12H,6,8-10,19H2,1H3;1H. The zero-order chi connectivity index (χ0) is 16.0. The molecule has 4 nitrogen and oxygen atoms in total. The van der Waals surface area contributed by atoms with Crippen LogP contribution in [0.3, 0.4) is 0 Å². The SMILES string of the molecule is CC1CC(CN)CN1C(=O)c1cc2c(s1)-c1ccccc1OC2.Cl. The molecule has 3 heterocycles. The molecule has 1 aromatic carbocycles. The van der Waals surface area contributed by atoms with Gasteiger partial charge in [0, 0.05) is 28.6 Å². The van der Waals surface area contributed by atoms with Gasteiger partial charge in [-0.3, -0.25) is 4.79 Å². The number of hydrogen-bond donors (Lipinski definition) is 1. The van der Waals surface area contributed by atoms with Crippen LogP contribution in [0.15, 0.2) is 30.3 Å². The molecule has 1 saturated heterocycles. The van der Waals surface area contributed by atoms with Crippen molar-refractivity contribution in [3.63, 3.8) is 0 Å². The zero-order valence-corrected chi connectivity index (χ0v) is 15.2. The van der Waals surface area contributed by atoms with Crippen LogP contribution in [0.25, 0.3) is 10.4 Å². The summed E-state index contributed by atoms with van der Waals surface area (Å²) in [5, 5.41) is 0. The lowest BCUT2D eigenvalue weighted by molar-refractivity contribution is 0.0748. The van der Waals surface area contributed by atoms with Gasteiger partial charge in [-0.15, -0.1) is 23.7 Å². The molecule has 0 aliphatic carbocycles. The number of carbonyl (C=O) groups is 1. The van der Waals surface area contributed by atoms with Gasteiger partial charge in [0.25, 0.3) is 5.91 Å². The molecule has 2 atom stereocenters. The van der Waals surface area contributed by atoms with Crippen molar-refractivity contribution in [2.24, 2.45) is 11.7 Å². The molecule has 2 aliphatic rings. The Labute approximate surface area is 152 Å². The van der Waals surface area contributed by atoms with E-state index in [1.54, 1.807) is 11.3 Å². The number of fused-ring (bicyclic) bond motifs is 3. The number of carbonyl (C=O) groups excluding carboxylic acids is 1. The van der Waals surface area contributed by atoms with E-state index in [0.29, 0.717) is 19.1 Å². The average molecular weight is 365 g/mol. The highest BCUT2D eigenvalue weighted by atomic mass is 35.5. The van der Waals surface area contributed by atoms with Gasteiger partial charge in [-0.05, 0) is 44.0 Å². The number of benzene rings is 1. The lowest BCUT2D eigenvalue weighted by Crippen LogP contribution is -2.33. The molecule has 0 radical (unpaired) electrons. The summed E-state index contributed by atoms with van der Waals surface area (Å²) < 4.78 is 5.79. The monoisotopic (exact) mass is 364 g/mol. The molecule has 4 rings (SSSR count). The summed E-state index contributed by atoms with van der Waals surface area (Å²) in [6, 6.07) is 10.3. The molecule has 2 aliphatic heterocycles. The van der Waals surface area contributed by atoms with Gasteiger partial charge in [0.2, 0.25) is 0 Å². The normalized spacial score (nSPS) is 21.5. The Balaban J connectivity index is 0.00000169. The summed E-state index contributed by atoms with van der Waals surface area (Å²) in [4.78, 5) is 16.8. The summed E-state index contributed by atoms with van der Waals surface area (Å²) in [7, 11) is 0. The molecular formula is C18H21ClN2O2S. The Kier molecular flexibility index (Phi) is 4.85. The van der Waals surface area contributed by atoms with Crippen molar-refractivity contribution >= 4 is 29.7 Å². The Morgan fingerprint density at radius 3 is 2.96 bits per heavy atom. The van der Waals surface area contributed by atoms with Crippen LogP contribution in [-0.2, 0) is 6.61 Å². The minimum Gasteiger partial charge on any atom is -0.488 e. The van der Waals surface area contributed by atoms with E-state index in [0.717, 1.165) is 39.6 Å². The Morgan fingerprint density at radius 1 is 1.42 bits per heavy atom. The van der Waals surface area contributed by atoms with E-state index in [-0.39, 0.29) is 24.4 Å². The third kappa shape index (κ3) is 2.81. The Hall–Kier alpha value is -1.56. The van der Waals surface area contributed by atoms with Crippen molar-refractivity contribution in [3.05, 3.63) is 40.8 Å². The van der Waals surface area contributed by atoms with Crippen molar-refractivity contribution in [2.45, 2.75) is 26.0 Å². The molecule has 2 aromatic rings. The van der Waals surface area contributed by atoms with Crippen molar-refractivity contribution in [1.82, 2.24) is 4.90 Å². The fourth-order valence-electron chi connectivity index (χ4n) is 3.54. The molecule has 2 unspecified atom stereocenters. The van der Waals surface area contributed by atoms with E-state index in [1.807, 2.05) is 29.2 Å². The molecule has 1 fully saturated rings. The number of nitrogens with two attached hydrogens (primary N) is 1. The van der Waals surface area contributed by atoms with Gasteiger partial charge >= 0.3 is 0 Å². The first-order chi connectivity index (χ1) is 11.2. The lowest BCUT2D eigenvalue weighted by atomic mass is 10.1. The number of halogens is 1.